The van der Waals surface area contributed by atoms with E-state index in [0.29, 0.717) is 0 Å². The molecule has 0 bridgehead atoms. The highest BCUT2D eigenvalue weighted by atomic mass is 35.5. The monoisotopic (exact) mass is 295 g/mol. The predicted molar refractivity (Wildman–Crippen MR) is 72.2 cm³/mol. The second-order valence-electron chi connectivity index (χ2n) is 4.28. The summed E-state index contributed by atoms with van der Waals surface area (Å²) in [5, 5.41) is 10.4. The smallest absolute Gasteiger partial charge is 0.283 e. The molecule has 0 unspecified atom stereocenters. The molecule has 2 rings (SSSR count). The van der Waals surface area contributed by atoms with E-state index in [0.717, 1.165) is 4.90 Å². The van der Waals surface area contributed by atoms with E-state index >= 15 is 0 Å². The molecular weight excluding hydrogens is 286 g/mol. The summed E-state index contributed by atoms with van der Waals surface area (Å²) in [7, 11) is 3.20. The number of carbonyl (C=O) groups excluding carboxylic acids is 2. The third-order valence-corrected chi connectivity index (χ3v) is 3.11. The van der Waals surface area contributed by atoms with Crippen LogP contribution in [0.25, 0.3) is 0 Å². The van der Waals surface area contributed by atoms with Gasteiger partial charge in [-0.25, -0.2) is 4.90 Å². The van der Waals surface area contributed by atoms with E-state index in [-0.39, 0.29) is 22.1 Å². The second kappa shape index (κ2) is 4.93. The number of hydrogen-bond acceptors (Lipinski definition) is 5. The zero-order chi connectivity index (χ0) is 15.0. The SMILES string of the molecule is CN(C)C1=C(Cl)C(=O)N(c2ccc([N+](=O)[O-])cc2)C1=O. The highest BCUT2D eigenvalue weighted by molar-refractivity contribution is 6.52. The number of rotatable bonds is 3. The number of nitro groups is 1. The first-order valence-electron chi connectivity index (χ1n) is 5.55. The molecule has 1 aromatic rings. The van der Waals surface area contributed by atoms with E-state index in [2.05, 4.69) is 0 Å². The molecule has 1 aliphatic heterocycles. The van der Waals surface area contributed by atoms with Crippen LogP contribution < -0.4 is 4.90 Å². The molecule has 104 valence electrons. The molecule has 0 radical (unpaired) electrons. The van der Waals surface area contributed by atoms with Crippen molar-refractivity contribution < 1.29 is 14.5 Å². The minimum atomic E-state index is -0.644. The summed E-state index contributed by atoms with van der Waals surface area (Å²) < 4.78 is 0. The molecule has 0 fully saturated rings. The molecule has 0 atom stereocenters. The van der Waals surface area contributed by atoms with Gasteiger partial charge in [0.15, 0.2) is 0 Å². The summed E-state index contributed by atoms with van der Waals surface area (Å²) >= 11 is 5.86. The lowest BCUT2D eigenvalue weighted by molar-refractivity contribution is -0.384. The Kier molecular flexibility index (Phi) is 3.46. The van der Waals surface area contributed by atoms with E-state index in [1.54, 1.807) is 14.1 Å². The van der Waals surface area contributed by atoms with Crippen molar-refractivity contribution in [2.24, 2.45) is 0 Å². The topological polar surface area (TPSA) is 83.8 Å². The summed E-state index contributed by atoms with van der Waals surface area (Å²) in [6.45, 7) is 0. The summed E-state index contributed by atoms with van der Waals surface area (Å²) in [6, 6.07) is 5.10. The fourth-order valence-electron chi connectivity index (χ4n) is 1.84. The number of nitrogens with zero attached hydrogens (tertiary/aromatic N) is 3. The quantitative estimate of drug-likeness (QED) is 0.479. The normalized spacial score (nSPS) is 15.1. The lowest BCUT2D eigenvalue weighted by Gasteiger charge is -2.16. The average Bonchev–Trinajstić information content (AvgIpc) is 2.60. The average molecular weight is 296 g/mol. The summed E-state index contributed by atoms with van der Waals surface area (Å²) in [6.07, 6.45) is 0. The Balaban J connectivity index is 2.38. The molecule has 1 aliphatic rings. The molecular formula is C12H10ClN3O4. The first kappa shape index (κ1) is 14.0. The molecule has 0 aliphatic carbocycles. The van der Waals surface area contributed by atoms with Crippen LogP contribution in [0.2, 0.25) is 0 Å². The van der Waals surface area contributed by atoms with Crippen molar-refractivity contribution in [1.82, 2.24) is 4.90 Å². The molecule has 1 heterocycles. The molecule has 0 saturated carbocycles. The molecule has 20 heavy (non-hydrogen) atoms. The maximum atomic E-state index is 12.2. The van der Waals surface area contributed by atoms with Crippen molar-refractivity contribution >= 4 is 34.8 Å². The Hall–Kier alpha value is -2.41. The first-order chi connectivity index (χ1) is 9.34. The number of nitro benzene ring substituents is 1. The van der Waals surface area contributed by atoms with Gasteiger partial charge in [0, 0.05) is 26.2 Å². The van der Waals surface area contributed by atoms with Gasteiger partial charge in [-0.15, -0.1) is 0 Å². The number of anilines is 1. The molecule has 0 spiro atoms. The zero-order valence-corrected chi connectivity index (χ0v) is 11.4. The standard InChI is InChI=1S/C12H10ClN3O4/c1-14(2)10-9(13)11(17)15(12(10)18)7-3-5-8(6-4-7)16(19)20/h3-6H,1-2H3. The third-order valence-electron chi connectivity index (χ3n) is 2.77. The predicted octanol–water partition coefficient (Wildman–Crippen LogP) is 1.48. The fraction of sp³-hybridized carbons (Fsp3) is 0.167. The summed E-state index contributed by atoms with van der Waals surface area (Å²) in [4.78, 5) is 36.5. The number of likely N-dealkylation sites (N-methyl/N-ethyl adjacent to an activating group) is 1. The Morgan fingerprint density at radius 3 is 2.10 bits per heavy atom. The van der Waals surface area contributed by atoms with E-state index in [1.165, 1.54) is 29.2 Å². The third kappa shape index (κ3) is 2.12. The number of imide groups is 1. The van der Waals surface area contributed by atoms with Crippen molar-refractivity contribution in [1.29, 1.82) is 0 Å². The van der Waals surface area contributed by atoms with Crippen LogP contribution in [0.5, 0.6) is 0 Å². The Morgan fingerprint density at radius 1 is 1.15 bits per heavy atom. The van der Waals surface area contributed by atoms with Gasteiger partial charge in [-0.3, -0.25) is 19.7 Å². The number of amides is 2. The van der Waals surface area contributed by atoms with Crippen LogP contribution in [-0.4, -0.2) is 35.7 Å². The van der Waals surface area contributed by atoms with Crippen LogP contribution in [0.3, 0.4) is 0 Å². The summed E-state index contributed by atoms with van der Waals surface area (Å²) in [5.74, 6) is -1.20. The number of hydrogen-bond donors (Lipinski definition) is 0. The molecule has 7 nitrogen and oxygen atoms in total. The minimum Gasteiger partial charge on any atom is -0.372 e. The number of halogens is 1. The molecule has 2 amide bonds. The van der Waals surface area contributed by atoms with Crippen LogP contribution in [0.1, 0.15) is 0 Å². The Bertz CT molecular complexity index is 637. The highest BCUT2D eigenvalue weighted by Crippen LogP contribution is 2.30. The van der Waals surface area contributed by atoms with Crippen molar-refractivity contribution in [3.8, 4) is 0 Å². The first-order valence-corrected chi connectivity index (χ1v) is 5.92. The molecule has 0 saturated heterocycles. The van der Waals surface area contributed by atoms with Gasteiger partial charge in [0.1, 0.15) is 10.7 Å². The van der Waals surface area contributed by atoms with Gasteiger partial charge in [0.2, 0.25) is 0 Å². The number of carbonyl (C=O) groups is 2. The van der Waals surface area contributed by atoms with E-state index in [1.807, 2.05) is 0 Å². The number of benzene rings is 1. The van der Waals surface area contributed by atoms with Crippen molar-refractivity contribution in [2.75, 3.05) is 19.0 Å². The van der Waals surface area contributed by atoms with Crippen molar-refractivity contribution in [2.45, 2.75) is 0 Å². The summed E-state index contributed by atoms with van der Waals surface area (Å²) in [5.41, 5.74) is 0.204. The maximum Gasteiger partial charge on any atom is 0.283 e. The van der Waals surface area contributed by atoms with Gasteiger partial charge < -0.3 is 4.90 Å². The van der Waals surface area contributed by atoms with Gasteiger partial charge in [-0.2, -0.15) is 0 Å². The Morgan fingerprint density at radius 2 is 1.70 bits per heavy atom. The maximum absolute atomic E-state index is 12.2. The van der Waals surface area contributed by atoms with Gasteiger partial charge >= 0.3 is 0 Å². The number of non-ortho nitro benzene ring substituents is 1. The molecule has 0 aromatic heterocycles. The van der Waals surface area contributed by atoms with E-state index < -0.39 is 16.7 Å². The van der Waals surface area contributed by atoms with Crippen LogP contribution in [0.15, 0.2) is 35.0 Å². The second-order valence-corrected chi connectivity index (χ2v) is 4.65. The molecule has 0 N–H and O–H groups in total. The fourth-order valence-corrected chi connectivity index (χ4v) is 2.17. The van der Waals surface area contributed by atoms with Crippen LogP contribution >= 0.6 is 11.6 Å². The van der Waals surface area contributed by atoms with E-state index in [4.69, 9.17) is 11.6 Å². The Labute approximate surface area is 119 Å². The van der Waals surface area contributed by atoms with Gasteiger partial charge in [0.05, 0.1) is 10.6 Å². The lowest BCUT2D eigenvalue weighted by atomic mass is 10.2. The van der Waals surface area contributed by atoms with Crippen LogP contribution in [0.4, 0.5) is 11.4 Å². The largest absolute Gasteiger partial charge is 0.372 e. The van der Waals surface area contributed by atoms with Crippen LogP contribution in [0, 0.1) is 10.1 Å². The van der Waals surface area contributed by atoms with Gasteiger partial charge in [-0.05, 0) is 12.1 Å². The molecule has 1 aromatic carbocycles. The molecule has 8 heteroatoms. The van der Waals surface area contributed by atoms with Gasteiger partial charge in [-0.1, -0.05) is 11.6 Å². The zero-order valence-electron chi connectivity index (χ0n) is 10.7. The highest BCUT2D eigenvalue weighted by Gasteiger charge is 2.39. The minimum absolute atomic E-state index is 0.0926. The lowest BCUT2D eigenvalue weighted by Crippen LogP contribution is -2.33. The van der Waals surface area contributed by atoms with Crippen molar-refractivity contribution in [3.63, 3.8) is 0 Å². The van der Waals surface area contributed by atoms with Crippen LogP contribution in [-0.2, 0) is 9.59 Å². The van der Waals surface area contributed by atoms with E-state index in [9.17, 15) is 19.7 Å². The van der Waals surface area contributed by atoms with Gasteiger partial charge in [0.25, 0.3) is 17.5 Å². The van der Waals surface area contributed by atoms with Crippen molar-refractivity contribution in [3.05, 3.63) is 45.1 Å².